The second-order valence-corrected chi connectivity index (χ2v) is 6.82. The molecule has 0 atom stereocenters. The van der Waals surface area contributed by atoms with Crippen molar-refractivity contribution in [2.24, 2.45) is 7.05 Å². The first-order valence-corrected chi connectivity index (χ1v) is 7.85. The van der Waals surface area contributed by atoms with Crippen LogP contribution in [0.4, 0.5) is 5.82 Å². The fraction of sp³-hybridized carbons (Fsp3) is 0.812. The largest absolute Gasteiger partial charge is 0.396 e. The van der Waals surface area contributed by atoms with Crippen LogP contribution in [0, 0.1) is 6.92 Å². The summed E-state index contributed by atoms with van der Waals surface area (Å²) in [5.41, 5.74) is 2.46. The topological polar surface area (TPSA) is 53.3 Å². The number of nitrogens with one attached hydrogen (secondary N) is 1. The maximum absolute atomic E-state index is 8.85. The van der Waals surface area contributed by atoms with Crippen LogP contribution in [0.3, 0.4) is 0 Å². The van der Waals surface area contributed by atoms with Gasteiger partial charge in [0.05, 0.1) is 5.69 Å². The number of nitrogens with zero attached hydrogens (tertiary/aromatic N) is 3. The highest BCUT2D eigenvalue weighted by atomic mass is 16.2. The van der Waals surface area contributed by atoms with Gasteiger partial charge in [0, 0.05) is 44.9 Å². The summed E-state index contributed by atoms with van der Waals surface area (Å²) in [6, 6.07) is 0. The van der Waals surface area contributed by atoms with E-state index in [1.54, 1.807) is 0 Å². The number of aliphatic hydroxyl groups excluding tert-OH is 1. The number of unbranched alkanes of at least 4 members (excludes halogenated alkanes) is 2. The van der Waals surface area contributed by atoms with Gasteiger partial charge in [0.25, 0.3) is 0 Å². The van der Waals surface area contributed by atoms with Crippen LogP contribution in [-0.2, 0) is 13.6 Å². The molecule has 0 radical (unpaired) electrons. The second kappa shape index (κ2) is 7.80. The molecule has 0 fully saturated rings. The zero-order chi connectivity index (χ0) is 16.0. The first-order valence-electron chi connectivity index (χ1n) is 7.85. The van der Waals surface area contributed by atoms with E-state index in [0.29, 0.717) is 0 Å². The third-order valence-corrected chi connectivity index (χ3v) is 3.62. The van der Waals surface area contributed by atoms with Crippen molar-refractivity contribution >= 4 is 5.82 Å². The van der Waals surface area contributed by atoms with Gasteiger partial charge in [-0.1, -0.05) is 0 Å². The van der Waals surface area contributed by atoms with Crippen molar-refractivity contribution in [1.29, 1.82) is 0 Å². The molecule has 122 valence electrons. The Balaban J connectivity index is 2.75. The maximum Gasteiger partial charge on any atom is 0.131 e. The van der Waals surface area contributed by atoms with Crippen LogP contribution in [0.25, 0.3) is 0 Å². The summed E-state index contributed by atoms with van der Waals surface area (Å²) in [5, 5.41) is 17.0. The van der Waals surface area contributed by atoms with Crippen molar-refractivity contribution < 1.29 is 5.11 Å². The van der Waals surface area contributed by atoms with Crippen molar-refractivity contribution in [3.63, 3.8) is 0 Å². The molecule has 1 rings (SSSR count). The minimum Gasteiger partial charge on any atom is -0.396 e. The van der Waals surface area contributed by atoms with Gasteiger partial charge < -0.3 is 15.3 Å². The smallest absolute Gasteiger partial charge is 0.131 e. The third kappa shape index (κ3) is 5.67. The van der Waals surface area contributed by atoms with E-state index in [4.69, 9.17) is 5.11 Å². The van der Waals surface area contributed by atoms with Gasteiger partial charge in [0.1, 0.15) is 5.82 Å². The molecular weight excluding hydrogens is 264 g/mol. The molecule has 1 aromatic heterocycles. The molecule has 0 aromatic carbocycles. The van der Waals surface area contributed by atoms with E-state index in [1.165, 1.54) is 11.4 Å². The molecule has 5 nitrogen and oxygen atoms in total. The molecule has 0 amide bonds. The number of hydrogen-bond acceptors (Lipinski definition) is 4. The maximum atomic E-state index is 8.85. The lowest BCUT2D eigenvalue weighted by Crippen LogP contribution is -2.35. The van der Waals surface area contributed by atoms with E-state index < -0.39 is 0 Å². The highest BCUT2D eigenvalue weighted by Gasteiger charge is 2.18. The Bertz CT molecular complexity index is 434. The van der Waals surface area contributed by atoms with Crippen LogP contribution in [0.2, 0.25) is 0 Å². The molecule has 0 aliphatic rings. The van der Waals surface area contributed by atoms with Crippen molar-refractivity contribution in [3.8, 4) is 0 Å². The molecule has 0 unspecified atom stereocenters. The number of hydrogen-bond donors (Lipinski definition) is 2. The Labute approximate surface area is 129 Å². The standard InChI is InChI=1S/C16H32N4O/c1-13-14(12-17-16(2,3)4)15(20(6)18-13)19(5)10-8-7-9-11-21/h17,21H,7-12H2,1-6H3. The van der Waals surface area contributed by atoms with Crippen molar-refractivity contribution in [2.75, 3.05) is 25.1 Å². The van der Waals surface area contributed by atoms with Gasteiger partial charge in [0.15, 0.2) is 0 Å². The van der Waals surface area contributed by atoms with Gasteiger partial charge in [-0.25, -0.2) is 0 Å². The third-order valence-electron chi connectivity index (χ3n) is 3.62. The Hall–Kier alpha value is -1.07. The van der Waals surface area contributed by atoms with Gasteiger partial charge in [-0.15, -0.1) is 0 Å². The molecule has 2 N–H and O–H groups in total. The van der Waals surface area contributed by atoms with Crippen LogP contribution in [0.15, 0.2) is 0 Å². The van der Waals surface area contributed by atoms with Crippen molar-refractivity contribution in [3.05, 3.63) is 11.3 Å². The molecule has 1 heterocycles. The van der Waals surface area contributed by atoms with Crippen LogP contribution < -0.4 is 10.2 Å². The average molecular weight is 296 g/mol. The summed E-state index contributed by atoms with van der Waals surface area (Å²) >= 11 is 0. The van der Waals surface area contributed by atoms with Gasteiger partial charge in [-0.2, -0.15) is 5.10 Å². The summed E-state index contributed by atoms with van der Waals surface area (Å²) < 4.78 is 1.97. The van der Waals surface area contributed by atoms with E-state index in [9.17, 15) is 0 Å². The lowest BCUT2D eigenvalue weighted by atomic mass is 10.1. The molecule has 0 spiro atoms. The zero-order valence-electron chi connectivity index (χ0n) is 14.5. The molecule has 0 saturated carbocycles. The quantitative estimate of drug-likeness (QED) is 0.722. The van der Waals surface area contributed by atoms with E-state index in [1.807, 2.05) is 11.7 Å². The van der Waals surface area contributed by atoms with Crippen LogP contribution in [-0.4, -0.2) is 40.6 Å². The summed E-state index contributed by atoms with van der Waals surface area (Å²) in [6.45, 7) is 10.7. The lowest BCUT2D eigenvalue weighted by molar-refractivity contribution is 0.283. The molecule has 0 saturated heterocycles. The van der Waals surface area contributed by atoms with Gasteiger partial charge >= 0.3 is 0 Å². The second-order valence-electron chi connectivity index (χ2n) is 6.82. The summed E-state index contributed by atoms with van der Waals surface area (Å²) in [4.78, 5) is 2.27. The predicted molar refractivity (Wildman–Crippen MR) is 88.7 cm³/mol. The fourth-order valence-corrected chi connectivity index (χ4v) is 2.47. The minimum atomic E-state index is 0.0965. The Morgan fingerprint density at radius 2 is 1.90 bits per heavy atom. The number of aliphatic hydroxyl groups is 1. The van der Waals surface area contributed by atoms with Crippen LogP contribution in [0.1, 0.15) is 51.3 Å². The fourth-order valence-electron chi connectivity index (χ4n) is 2.47. The number of aromatic nitrogens is 2. The number of aryl methyl sites for hydroxylation is 2. The Kier molecular flexibility index (Phi) is 6.68. The molecule has 0 aliphatic carbocycles. The average Bonchev–Trinajstić information content (AvgIpc) is 2.65. The van der Waals surface area contributed by atoms with Crippen LogP contribution in [0.5, 0.6) is 0 Å². The molecule has 5 heteroatoms. The highest BCUT2D eigenvalue weighted by molar-refractivity contribution is 5.49. The molecule has 1 aromatic rings. The van der Waals surface area contributed by atoms with Gasteiger partial charge in [0.2, 0.25) is 0 Å². The van der Waals surface area contributed by atoms with Gasteiger partial charge in [-0.05, 0) is 47.0 Å². The van der Waals surface area contributed by atoms with E-state index in [-0.39, 0.29) is 12.1 Å². The minimum absolute atomic E-state index is 0.0965. The number of rotatable bonds is 8. The highest BCUT2D eigenvalue weighted by Crippen LogP contribution is 2.23. The number of anilines is 1. The first kappa shape index (κ1) is 18.0. The summed E-state index contributed by atoms with van der Waals surface area (Å²) in [5.74, 6) is 1.19. The van der Waals surface area contributed by atoms with Crippen molar-refractivity contribution in [1.82, 2.24) is 15.1 Å². The predicted octanol–water partition coefficient (Wildman–Crippen LogP) is 2.22. The normalized spacial score (nSPS) is 12.0. The summed E-state index contributed by atoms with van der Waals surface area (Å²) in [6.07, 6.45) is 3.04. The Morgan fingerprint density at radius 3 is 2.48 bits per heavy atom. The zero-order valence-corrected chi connectivity index (χ0v) is 14.5. The molecule has 21 heavy (non-hydrogen) atoms. The lowest BCUT2D eigenvalue weighted by Gasteiger charge is -2.24. The molecule has 0 aliphatic heterocycles. The van der Waals surface area contributed by atoms with E-state index >= 15 is 0 Å². The molecule has 0 bridgehead atoms. The van der Waals surface area contributed by atoms with E-state index in [0.717, 1.165) is 38.0 Å². The SMILES string of the molecule is Cc1nn(C)c(N(C)CCCCCO)c1CNC(C)(C)C. The van der Waals surface area contributed by atoms with Crippen molar-refractivity contribution in [2.45, 2.75) is 59.0 Å². The van der Waals surface area contributed by atoms with Crippen LogP contribution >= 0.6 is 0 Å². The summed E-state index contributed by atoms with van der Waals surface area (Å²) in [7, 11) is 4.13. The Morgan fingerprint density at radius 1 is 1.24 bits per heavy atom. The van der Waals surface area contributed by atoms with E-state index in [2.05, 4.69) is 50.1 Å². The first-order chi connectivity index (χ1) is 9.76. The monoisotopic (exact) mass is 296 g/mol. The van der Waals surface area contributed by atoms with Gasteiger partial charge in [-0.3, -0.25) is 4.68 Å². The molecular formula is C16H32N4O.